The smallest absolute Gasteiger partial charge is 0.255 e. The van der Waals surface area contributed by atoms with Crippen LogP contribution < -0.4 is 10.6 Å². The van der Waals surface area contributed by atoms with Crippen LogP contribution in [0.3, 0.4) is 0 Å². The summed E-state index contributed by atoms with van der Waals surface area (Å²) in [6.45, 7) is 0.379. The van der Waals surface area contributed by atoms with Gasteiger partial charge in [-0.15, -0.1) is 0 Å². The lowest BCUT2D eigenvalue weighted by molar-refractivity contribution is -0.124. The van der Waals surface area contributed by atoms with Crippen molar-refractivity contribution in [1.29, 1.82) is 0 Å². The molecule has 5 heteroatoms. The van der Waals surface area contributed by atoms with E-state index >= 15 is 0 Å². The van der Waals surface area contributed by atoms with Gasteiger partial charge in [0, 0.05) is 18.3 Å². The molecule has 0 spiro atoms. The molecule has 0 aliphatic carbocycles. The van der Waals surface area contributed by atoms with Gasteiger partial charge in [0.1, 0.15) is 0 Å². The van der Waals surface area contributed by atoms with Crippen LogP contribution in [0.25, 0.3) is 0 Å². The Kier molecular flexibility index (Phi) is 2.82. The summed E-state index contributed by atoms with van der Waals surface area (Å²) in [6.07, 6.45) is 1.58. The molecule has 1 aliphatic rings. The van der Waals surface area contributed by atoms with Crippen molar-refractivity contribution in [3.8, 4) is 0 Å². The molecule has 0 atom stereocenters. The Morgan fingerprint density at radius 3 is 2.83 bits per heavy atom. The molecule has 1 rings (SSSR count). The van der Waals surface area contributed by atoms with Gasteiger partial charge in [0.25, 0.3) is 5.91 Å². The van der Waals surface area contributed by atoms with Crippen molar-refractivity contribution in [3.05, 3.63) is 11.8 Å². The first-order valence-corrected chi connectivity index (χ1v) is 3.61. The zero-order chi connectivity index (χ0) is 8.97. The Morgan fingerprint density at radius 2 is 2.33 bits per heavy atom. The van der Waals surface area contributed by atoms with Crippen molar-refractivity contribution < 1.29 is 14.7 Å². The predicted molar refractivity (Wildman–Crippen MR) is 40.9 cm³/mol. The van der Waals surface area contributed by atoms with Gasteiger partial charge in [0.2, 0.25) is 5.91 Å². The highest BCUT2D eigenvalue weighted by molar-refractivity contribution is 6.13. The van der Waals surface area contributed by atoms with Gasteiger partial charge < -0.3 is 10.4 Å². The van der Waals surface area contributed by atoms with Crippen LogP contribution in [-0.2, 0) is 9.59 Å². The number of aliphatic hydroxyl groups excluding tert-OH is 1. The zero-order valence-electron chi connectivity index (χ0n) is 6.46. The Balaban J connectivity index is 2.46. The van der Waals surface area contributed by atoms with Crippen molar-refractivity contribution >= 4 is 11.8 Å². The number of amides is 2. The fourth-order valence-corrected chi connectivity index (χ4v) is 0.881. The molecule has 0 saturated carbocycles. The van der Waals surface area contributed by atoms with E-state index in [1.807, 2.05) is 0 Å². The zero-order valence-corrected chi connectivity index (χ0v) is 6.46. The second-order valence-electron chi connectivity index (χ2n) is 2.40. The Morgan fingerprint density at radius 1 is 1.58 bits per heavy atom. The van der Waals surface area contributed by atoms with Crippen LogP contribution in [0, 0.1) is 0 Å². The van der Waals surface area contributed by atoms with Crippen LogP contribution in [0.2, 0.25) is 0 Å². The number of carbonyl (C=O) groups excluding carboxylic acids is 2. The highest BCUT2D eigenvalue weighted by Gasteiger charge is 2.23. The van der Waals surface area contributed by atoms with E-state index in [0.29, 0.717) is 12.1 Å². The lowest BCUT2D eigenvalue weighted by Gasteiger charge is -1.96. The molecule has 0 radical (unpaired) electrons. The van der Waals surface area contributed by atoms with Crippen LogP contribution in [0.5, 0.6) is 0 Å². The van der Waals surface area contributed by atoms with Gasteiger partial charge in [-0.3, -0.25) is 14.9 Å². The van der Waals surface area contributed by atoms with Gasteiger partial charge in [0.05, 0.1) is 13.0 Å². The van der Waals surface area contributed by atoms with Gasteiger partial charge >= 0.3 is 0 Å². The average Bonchev–Trinajstić information content (AvgIpc) is 2.31. The normalized spacial score (nSPS) is 19.9. The number of aliphatic hydroxyl groups is 1. The quantitative estimate of drug-likeness (QED) is 0.273. The van der Waals surface area contributed by atoms with E-state index in [9.17, 15) is 9.59 Å². The van der Waals surface area contributed by atoms with Crippen molar-refractivity contribution in [3.63, 3.8) is 0 Å². The molecule has 66 valence electrons. The molecule has 0 unspecified atom stereocenters. The van der Waals surface area contributed by atoms with Gasteiger partial charge in [-0.2, -0.15) is 0 Å². The van der Waals surface area contributed by atoms with Crippen LogP contribution in [0.15, 0.2) is 11.8 Å². The topological polar surface area (TPSA) is 78.4 Å². The van der Waals surface area contributed by atoms with Crippen molar-refractivity contribution in [2.45, 2.75) is 6.42 Å². The molecule has 0 bridgehead atoms. The summed E-state index contributed by atoms with van der Waals surface area (Å²) in [5.41, 5.74) is 0.411. The second kappa shape index (κ2) is 3.87. The van der Waals surface area contributed by atoms with Crippen molar-refractivity contribution in [1.82, 2.24) is 10.6 Å². The lowest BCUT2D eigenvalue weighted by Crippen LogP contribution is -2.20. The first-order valence-electron chi connectivity index (χ1n) is 3.61. The molecule has 1 fully saturated rings. The molecule has 2 amide bonds. The van der Waals surface area contributed by atoms with Gasteiger partial charge in [-0.25, -0.2) is 0 Å². The summed E-state index contributed by atoms with van der Waals surface area (Å²) < 4.78 is 0. The fraction of sp³-hybridized carbons (Fsp3) is 0.429. The van der Waals surface area contributed by atoms with E-state index in [4.69, 9.17) is 5.11 Å². The second-order valence-corrected chi connectivity index (χ2v) is 2.40. The average molecular weight is 170 g/mol. The molecule has 0 aromatic carbocycles. The summed E-state index contributed by atoms with van der Waals surface area (Å²) in [7, 11) is 0. The van der Waals surface area contributed by atoms with E-state index in [1.165, 1.54) is 6.20 Å². The highest BCUT2D eigenvalue weighted by Crippen LogP contribution is 2.06. The van der Waals surface area contributed by atoms with E-state index in [2.05, 4.69) is 10.6 Å². The third-order valence-electron chi connectivity index (χ3n) is 1.43. The number of hydrogen-bond donors (Lipinski definition) is 3. The largest absolute Gasteiger partial charge is 0.395 e. The highest BCUT2D eigenvalue weighted by atomic mass is 16.3. The summed E-state index contributed by atoms with van der Waals surface area (Å²) >= 11 is 0. The number of imide groups is 1. The number of nitrogens with one attached hydrogen (secondary N) is 2. The Bertz CT molecular complexity index is 235. The van der Waals surface area contributed by atoms with Crippen LogP contribution in [0.4, 0.5) is 0 Å². The minimum Gasteiger partial charge on any atom is -0.395 e. The fourth-order valence-electron chi connectivity index (χ4n) is 0.881. The molecule has 3 N–H and O–H groups in total. The first kappa shape index (κ1) is 8.73. The monoisotopic (exact) mass is 170 g/mol. The Labute approximate surface area is 69.5 Å². The lowest BCUT2D eigenvalue weighted by atomic mass is 10.2. The molecule has 1 saturated heterocycles. The summed E-state index contributed by atoms with van der Waals surface area (Å²) in [5, 5.41) is 13.2. The molecule has 5 nitrogen and oxygen atoms in total. The van der Waals surface area contributed by atoms with E-state index in [-0.39, 0.29) is 24.8 Å². The summed E-state index contributed by atoms with van der Waals surface area (Å²) in [4.78, 5) is 21.5. The maximum absolute atomic E-state index is 10.9. The van der Waals surface area contributed by atoms with Crippen LogP contribution in [-0.4, -0.2) is 30.1 Å². The molecule has 12 heavy (non-hydrogen) atoms. The minimum absolute atomic E-state index is 0.000649. The van der Waals surface area contributed by atoms with Gasteiger partial charge in [-0.05, 0) is 0 Å². The molecule has 1 heterocycles. The number of hydrogen-bond acceptors (Lipinski definition) is 4. The van der Waals surface area contributed by atoms with E-state index in [0.717, 1.165) is 0 Å². The maximum atomic E-state index is 10.9. The van der Waals surface area contributed by atoms with Crippen LogP contribution in [0.1, 0.15) is 6.42 Å². The standard InChI is InChI=1S/C7H10N2O3/c10-2-1-8-4-5-3-6(11)9-7(5)12/h4,8,10H,1-3H2,(H,9,11,12)/b5-4+. The minimum atomic E-state index is -0.356. The Hall–Kier alpha value is -1.36. The van der Waals surface area contributed by atoms with E-state index in [1.54, 1.807) is 0 Å². The molecule has 1 aliphatic heterocycles. The SMILES string of the molecule is O=C1C/C(=C\NCCO)C(=O)N1. The molecule has 0 aromatic heterocycles. The first-order chi connectivity index (χ1) is 5.74. The number of carbonyl (C=O) groups is 2. The molecule has 0 aromatic rings. The van der Waals surface area contributed by atoms with E-state index < -0.39 is 0 Å². The molecular formula is C7H10N2O3. The summed E-state index contributed by atoms with van der Waals surface area (Å²) in [6, 6.07) is 0. The van der Waals surface area contributed by atoms with Gasteiger partial charge in [0.15, 0.2) is 0 Å². The van der Waals surface area contributed by atoms with Crippen molar-refractivity contribution in [2.75, 3.05) is 13.2 Å². The number of rotatable bonds is 3. The third-order valence-corrected chi connectivity index (χ3v) is 1.43. The predicted octanol–water partition coefficient (Wildman–Crippen LogP) is -1.50. The van der Waals surface area contributed by atoms with Gasteiger partial charge in [-0.1, -0.05) is 0 Å². The van der Waals surface area contributed by atoms with Crippen LogP contribution >= 0.6 is 0 Å². The molecular weight excluding hydrogens is 160 g/mol. The van der Waals surface area contributed by atoms with Crippen molar-refractivity contribution in [2.24, 2.45) is 0 Å². The third kappa shape index (κ3) is 2.06. The maximum Gasteiger partial charge on any atom is 0.255 e. The summed E-state index contributed by atoms with van der Waals surface area (Å²) in [5.74, 6) is -0.637.